The first kappa shape index (κ1) is 16.7. The summed E-state index contributed by atoms with van der Waals surface area (Å²) in [5.74, 6) is -0.370. The molecule has 7 heteroatoms. The number of likely N-dealkylation sites (tertiary alicyclic amines) is 1. The van der Waals surface area contributed by atoms with E-state index in [4.69, 9.17) is 10.2 Å². The Bertz CT molecular complexity index is 779. The molecule has 0 spiro atoms. The Morgan fingerprint density at radius 3 is 2.88 bits per heavy atom. The normalized spacial score (nSPS) is 21.7. The smallest absolute Gasteiger partial charge is 0.408 e. The predicted octanol–water partition coefficient (Wildman–Crippen LogP) is 0.521. The molecule has 2 aromatic rings. The van der Waals surface area contributed by atoms with Crippen LogP contribution >= 0.6 is 0 Å². The van der Waals surface area contributed by atoms with Crippen LogP contribution in [0, 0.1) is 0 Å². The summed E-state index contributed by atoms with van der Waals surface area (Å²) in [6, 6.07) is 7.18. The molecule has 1 saturated heterocycles. The third kappa shape index (κ3) is 3.37. The van der Waals surface area contributed by atoms with E-state index in [1.54, 1.807) is 10.6 Å². The Labute approximate surface area is 140 Å². The number of hydrogen-bond donors (Lipinski definition) is 2. The summed E-state index contributed by atoms with van der Waals surface area (Å²) in [6.45, 7) is 5.57. The molecule has 0 unspecified atom stereocenters. The summed E-state index contributed by atoms with van der Waals surface area (Å²) in [6.07, 6.45) is 0.638. The molecule has 130 valence electrons. The standard InChI is InChI=1S/C17H24N4O3/c1-11(2)19-16(22)14-9-12(18)10-20(14)7-8-21-13-5-3-4-6-15(13)24-17(21)23/h3-6,11-12,14H,7-10,18H2,1-2H3,(H,19,22)/t12-,14+/m1/s1. The van der Waals surface area contributed by atoms with Gasteiger partial charge in [0.1, 0.15) is 0 Å². The maximum atomic E-state index is 12.4. The van der Waals surface area contributed by atoms with Crippen molar-refractivity contribution in [3.63, 3.8) is 0 Å². The van der Waals surface area contributed by atoms with Crippen molar-refractivity contribution in [3.05, 3.63) is 34.8 Å². The number of hydrogen-bond acceptors (Lipinski definition) is 5. The van der Waals surface area contributed by atoms with E-state index < -0.39 is 0 Å². The van der Waals surface area contributed by atoms with Crippen molar-refractivity contribution in [2.75, 3.05) is 13.1 Å². The fourth-order valence-corrected chi connectivity index (χ4v) is 3.29. The van der Waals surface area contributed by atoms with Crippen molar-refractivity contribution < 1.29 is 9.21 Å². The van der Waals surface area contributed by atoms with Crippen molar-refractivity contribution in [3.8, 4) is 0 Å². The van der Waals surface area contributed by atoms with Gasteiger partial charge in [-0.05, 0) is 32.4 Å². The van der Waals surface area contributed by atoms with Crippen molar-refractivity contribution >= 4 is 17.0 Å². The number of oxazole rings is 1. The minimum Gasteiger partial charge on any atom is -0.408 e. The number of aromatic nitrogens is 1. The largest absolute Gasteiger partial charge is 0.419 e. The van der Waals surface area contributed by atoms with Gasteiger partial charge in [0.25, 0.3) is 0 Å². The van der Waals surface area contributed by atoms with Gasteiger partial charge in [-0.3, -0.25) is 14.3 Å². The van der Waals surface area contributed by atoms with Crippen molar-refractivity contribution in [1.29, 1.82) is 0 Å². The SMILES string of the molecule is CC(C)NC(=O)[C@@H]1C[C@@H](N)CN1CCn1c(=O)oc2ccccc21. The van der Waals surface area contributed by atoms with E-state index >= 15 is 0 Å². The third-order valence-corrected chi connectivity index (χ3v) is 4.35. The summed E-state index contributed by atoms with van der Waals surface area (Å²) in [5, 5.41) is 2.95. The lowest BCUT2D eigenvalue weighted by atomic mass is 10.1. The molecular formula is C17H24N4O3. The Kier molecular flexibility index (Phi) is 4.73. The van der Waals surface area contributed by atoms with Crippen molar-refractivity contribution in [2.45, 2.75) is 44.9 Å². The molecular weight excluding hydrogens is 308 g/mol. The molecule has 1 aliphatic rings. The second-order valence-corrected chi connectivity index (χ2v) is 6.66. The first-order valence-electron chi connectivity index (χ1n) is 8.34. The van der Waals surface area contributed by atoms with E-state index in [0.717, 1.165) is 5.52 Å². The summed E-state index contributed by atoms with van der Waals surface area (Å²) < 4.78 is 6.85. The van der Waals surface area contributed by atoms with E-state index in [2.05, 4.69) is 10.2 Å². The number of rotatable bonds is 5. The van der Waals surface area contributed by atoms with Gasteiger partial charge < -0.3 is 15.5 Å². The monoisotopic (exact) mass is 332 g/mol. The molecule has 1 aliphatic heterocycles. The number of carbonyl (C=O) groups is 1. The second-order valence-electron chi connectivity index (χ2n) is 6.66. The molecule has 0 saturated carbocycles. The molecule has 24 heavy (non-hydrogen) atoms. The minimum absolute atomic E-state index is 0.00217. The molecule has 0 bridgehead atoms. The van der Waals surface area contributed by atoms with Crippen LogP contribution < -0.4 is 16.8 Å². The second kappa shape index (κ2) is 6.78. The van der Waals surface area contributed by atoms with Gasteiger partial charge in [0.05, 0.1) is 11.6 Å². The number of nitrogens with one attached hydrogen (secondary N) is 1. The molecule has 2 atom stereocenters. The zero-order chi connectivity index (χ0) is 17.3. The third-order valence-electron chi connectivity index (χ3n) is 4.35. The average Bonchev–Trinajstić information content (AvgIpc) is 3.04. The van der Waals surface area contributed by atoms with Gasteiger partial charge >= 0.3 is 5.76 Å². The molecule has 7 nitrogen and oxygen atoms in total. The highest BCUT2D eigenvalue weighted by molar-refractivity contribution is 5.82. The number of benzene rings is 1. The van der Waals surface area contributed by atoms with Gasteiger partial charge in [-0.2, -0.15) is 0 Å². The van der Waals surface area contributed by atoms with Crippen LogP contribution in [0.2, 0.25) is 0 Å². The molecule has 1 aromatic heterocycles. The first-order chi connectivity index (χ1) is 11.5. The average molecular weight is 332 g/mol. The van der Waals surface area contributed by atoms with Gasteiger partial charge in [0.2, 0.25) is 5.91 Å². The Morgan fingerprint density at radius 2 is 2.12 bits per heavy atom. The molecule has 0 aliphatic carbocycles. The molecule has 3 N–H and O–H groups in total. The van der Waals surface area contributed by atoms with Crippen LogP contribution in [0.25, 0.3) is 11.1 Å². The Balaban J connectivity index is 1.73. The van der Waals surface area contributed by atoms with Crippen LogP contribution in [0.4, 0.5) is 0 Å². The minimum atomic E-state index is -0.372. The van der Waals surface area contributed by atoms with E-state index in [9.17, 15) is 9.59 Å². The lowest BCUT2D eigenvalue weighted by Gasteiger charge is -2.24. The van der Waals surface area contributed by atoms with Crippen LogP contribution in [0.5, 0.6) is 0 Å². The van der Waals surface area contributed by atoms with E-state index in [1.165, 1.54) is 0 Å². The van der Waals surface area contributed by atoms with Crippen LogP contribution in [-0.4, -0.2) is 46.6 Å². The van der Waals surface area contributed by atoms with Crippen molar-refractivity contribution in [2.24, 2.45) is 5.73 Å². The Hall–Kier alpha value is -2.12. The fourth-order valence-electron chi connectivity index (χ4n) is 3.29. The number of para-hydroxylation sites is 2. The molecule has 2 heterocycles. The summed E-state index contributed by atoms with van der Waals surface area (Å²) >= 11 is 0. The van der Waals surface area contributed by atoms with Crippen LogP contribution in [0.15, 0.2) is 33.5 Å². The van der Waals surface area contributed by atoms with Crippen LogP contribution in [-0.2, 0) is 11.3 Å². The first-order valence-corrected chi connectivity index (χ1v) is 8.34. The van der Waals surface area contributed by atoms with Gasteiger partial charge in [-0.15, -0.1) is 0 Å². The quantitative estimate of drug-likeness (QED) is 0.833. The highest BCUT2D eigenvalue weighted by atomic mass is 16.4. The lowest BCUT2D eigenvalue weighted by molar-refractivity contribution is -0.126. The summed E-state index contributed by atoms with van der Waals surface area (Å²) in [7, 11) is 0. The fraction of sp³-hybridized carbons (Fsp3) is 0.529. The number of amides is 1. The Morgan fingerprint density at radius 1 is 1.38 bits per heavy atom. The van der Waals surface area contributed by atoms with Crippen LogP contribution in [0.1, 0.15) is 20.3 Å². The zero-order valence-corrected chi connectivity index (χ0v) is 14.1. The number of carbonyl (C=O) groups excluding carboxylic acids is 1. The van der Waals surface area contributed by atoms with Gasteiger partial charge in [0.15, 0.2) is 5.58 Å². The molecule has 1 amide bonds. The van der Waals surface area contributed by atoms with Gasteiger partial charge in [-0.25, -0.2) is 4.79 Å². The molecule has 3 rings (SSSR count). The zero-order valence-electron chi connectivity index (χ0n) is 14.1. The highest BCUT2D eigenvalue weighted by Gasteiger charge is 2.35. The molecule has 1 aromatic carbocycles. The predicted molar refractivity (Wildman–Crippen MR) is 91.7 cm³/mol. The maximum Gasteiger partial charge on any atom is 0.419 e. The van der Waals surface area contributed by atoms with E-state index in [0.29, 0.717) is 31.6 Å². The highest BCUT2D eigenvalue weighted by Crippen LogP contribution is 2.18. The number of nitrogens with two attached hydrogens (primary N) is 1. The molecule has 0 radical (unpaired) electrons. The number of fused-ring (bicyclic) bond motifs is 1. The van der Waals surface area contributed by atoms with E-state index in [1.807, 2.05) is 32.0 Å². The summed E-state index contributed by atoms with van der Waals surface area (Å²) in [4.78, 5) is 26.5. The molecule has 1 fully saturated rings. The van der Waals surface area contributed by atoms with E-state index in [-0.39, 0.29) is 29.8 Å². The topological polar surface area (TPSA) is 93.5 Å². The maximum absolute atomic E-state index is 12.4. The summed E-state index contributed by atoms with van der Waals surface area (Å²) in [5.41, 5.74) is 7.40. The van der Waals surface area contributed by atoms with Crippen molar-refractivity contribution in [1.82, 2.24) is 14.8 Å². The number of nitrogens with zero attached hydrogens (tertiary/aromatic N) is 2. The van der Waals surface area contributed by atoms with Gasteiger partial charge in [0, 0.05) is 31.7 Å². The van der Waals surface area contributed by atoms with Gasteiger partial charge in [-0.1, -0.05) is 12.1 Å². The van der Waals surface area contributed by atoms with Crippen LogP contribution in [0.3, 0.4) is 0 Å². The lowest BCUT2D eigenvalue weighted by Crippen LogP contribution is -2.46.